The van der Waals surface area contributed by atoms with E-state index in [9.17, 15) is 18.8 Å². The normalized spacial score (nSPS) is 20.1. The molecule has 0 saturated carbocycles. The monoisotopic (exact) mass is 685 g/mol. The molecule has 3 atom stereocenters. The number of nitrogens with zero attached hydrogens (tertiary/aromatic N) is 5. The number of halogens is 4. The maximum Gasteiger partial charge on any atom is 0.417 e. The van der Waals surface area contributed by atoms with Gasteiger partial charge in [-0.25, -0.2) is 14.0 Å². The summed E-state index contributed by atoms with van der Waals surface area (Å²) in [5.41, 5.74) is -2.48. The molecular formula is C34H35F4N5O4S. The molecule has 2 aromatic heterocycles. The van der Waals surface area contributed by atoms with Gasteiger partial charge in [0.05, 0.1) is 29.2 Å². The minimum atomic E-state index is -4.83. The molecule has 0 aliphatic carbocycles. The van der Waals surface area contributed by atoms with Gasteiger partial charge in [-0.15, -0.1) is 11.8 Å². The van der Waals surface area contributed by atoms with Gasteiger partial charge in [-0.1, -0.05) is 18.2 Å². The first-order chi connectivity index (χ1) is 22.5. The standard InChI is InChI=1S/C34H35F4N5O4S/c1-19-15-40(16-20(2)43(19)32(46)47-33(3,4)5)30-24-14-25(34(36,37)38)27(21-9-11-22(35)12-10-21)29-28(24)42(31(45)39-30)17-23(18-48-29)41-13-7-6-8-26(41)44/h6-14,19-20,23H,15-18H2,1-5H3/t19-,20+,23-/m0/s1. The molecule has 14 heteroatoms. The number of benzene rings is 2. The Labute approximate surface area is 278 Å². The predicted molar refractivity (Wildman–Crippen MR) is 176 cm³/mol. The van der Waals surface area contributed by atoms with E-state index in [-0.39, 0.29) is 63.7 Å². The molecule has 48 heavy (non-hydrogen) atoms. The number of hydrogen-bond acceptors (Lipinski definition) is 7. The number of amides is 1. The van der Waals surface area contributed by atoms with Crippen LogP contribution in [0.2, 0.25) is 0 Å². The highest BCUT2D eigenvalue weighted by molar-refractivity contribution is 7.99. The highest BCUT2D eigenvalue weighted by Crippen LogP contribution is 2.49. The van der Waals surface area contributed by atoms with Crippen LogP contribution in [0, 0.1) is 5.82 Å². The quantitative estimate of drug-likeness (QED) is 0.226. The van der Waals surface area contributed by atoms with Crippen LogP contribution in [0.25, 0.3) is 22.0 Å². The molecule has 0 unspecified atom stereocenters. The van der Waals surface area contributed by atoms with Crippen molar-refractivity contribution in [2.24, 2.45) is 0 Å². The molecule has 0 spiro atoms. The molecule has 6 rings (SSSR count). The number of ether oxygens (including phenoxy) is 1. The number of carbonyl (C=O) groups excluding carboxylic acids is 1. The van der Waals surface area contributed by atoms with Crippen molar-refractivity contribution in [3.05, 3.63) is 86.9 Å². The fourth-order valence-corrected chi connectivity index (χ4v) is 7.95. The van der Waals surface area contributed by atoms with Gasteiger partial charge in [-0.3, -0.25) is 14.3 Å². The van der Waals surface area contributed by atoms with Crippen molar-refractivity contribution in [2.75, 3.05) is 23.7 Å². The smallest absolute Gasteiger partial charge is 0.417 e. The molecule has 1 saturated heterocycles. The average molecular weight is 686 g/mol. The molecule has 2 aromatic carbocycles. The lowest BCUT2D eigenvalue weighted by Gasteiger charge is -2.45. The van der Waals surface area contributed by atoms with E-state index >= 15 is 13.2 Å². The van der Waals surface area contributed by atoms with Gasteiger partial charge in [0.2, 0.25) is 0 Å². The van der Waals surface area contributed by atoms with Crippen molar-refractivity contribution in [1.82, 2.24) is 19.0 Å². The highest BCUT2D eigenvalue weighted by Gasteiger charge is 2.40. The van der Waals surface area contributed by atoms with E-state index in [1.807, 2.05) is 0 Å². The van der Waals surface area contributed by atoms with Gasteiger partial charge in [-0.05, 0) is 64.4 Å². The maximum absolute atomic E-state index is 15.0. The zero-order valence-corrected chi connectivity index (χ0v) is 27.9. The van der Waals surface area contributed by atoms with E-state index in [1.54, 1.807) is 62.7 Å². The summed E-state index contributed by atoms with van der Waals surface area (Å²) >= 11 is 1.12. The summed E-state index contributed by atoms with van der Waals surface area (Å²) in [5.74, 6) is -0.359. The van der Waals surface area contributed by atoms with Gasteiger partial charge in [0.15, 0.2) is 0 Å². The van der Waals surface area contributed by atoms with E-state index in [2.05, 4.69) is 4.98 Å². The van der Waals surface area contributed by atoms with Gasteiger partial charge >= 0.3 is 18.0 Å². The Kier molecular flexibility index (Phi) is 8.59. The molecule has 9 nitrogen and oxygen atoms in total. The van der Waals surface area contributed by atoms with Crippen molar-refractivity contribution < 1.29 is 27.1 Å². The van der Waals surface area contributed by atoms with Crippen LogP contribution >= 0.6 is 11.8 Å². The van der Waals surface area contributed by atoms with Crippen LogP contribution in [-0.2, 0) is 17.5 Å². The minimum absolute atomic E-state index is 0.0139. The van der Waals surface area contributed by atoms with Crippen LogP contribution in [0.15, 0.2) is 69.2 Å². The number of piperazine rings is 1. The third kappa shape index (κ3) is 6.29. The number of carbonyl (C=O) groups is 1. The summed E-state index contributed by atoms with van der Waals surface area (Å²) in [5, 5.41) is 0.112. The largest absolute Gasteiger partial charge is 0.444 e. The van der Waals surface area contributed by atoms with Gasteiger partial charge < -0.3 is 14.2 Å². The lowest BCUT2D eigenvalue weighted by atomic mass is 9.96. The molecule has 0 N–H and O–H groups in total. The summed E-state index contributed by atoms with van der Waals surface area (Å²) in [6, 6.07) is 8.99. The Bertz CT molecular complexity index is 1990. The molecule has 254 valence electrons. The second-order valence-corrected chi connectivity index (χ2v) is 14.3. The topological polar surface area (TPSA) is 89.7 Å². The molecule has 0 bridgehead atoms. The van der Waals surface area contributed by atoms with Crippen LogP contribution < -0.4 is 16.1 Å². The molecular weight excluding hydrogens is 650 g/mol. The van der Waals surface area contributed by atoms with Crippen molar-refractivity contribution >= 4 is 34.6 Å². The van der Waals surface area contributed by atoms with Crippen molar-refractivity contribution in [2.45, 2.75) is 76.0 Å². The zero-order valence-electron chi connectivity index (χ0n) is 27.0. The second kappa shape index (κ2) is 12.3. The summed E-state index contributed by atoms with van der Waals surface area (Å²) < 4.78 is 67.5. The van der Waals surface area contributed by atoms with Gasteiger partial charge in [-0.2, -0.15) is 18.2 Å². The van der Waals surface area contributed by atoms with Crippen LogP contribution in [0.1, 0.15) is 46.2 Å². The molecule has 2 aliphatic rings. The minimum Gasteiger partial charge on any atom is -0.444 e. The summed E-state index contributed by atoms with van der Waals surface area (Å²) in [7, 11) is 0. The number of anilines is 1. The Morgan fingerprint density at radius 2 is 1.65 bits per heavy atom. The Morgan fingerprint density at radius 1 is 0.979 bits per heavy atom. The zero-order chi connectivity index (χ0) is 34.7. The summed E-state index contributed by atoms with van der Waals surface area (Å²) in [6.45, 7) is 9.26. The first-order valence-electron chi connectivity index (χ1n) is 15.5. The first-order valence-corrected chi connectivity index (χ1v) is 16.5. The number of aromatic nitrogens is 3. The Morgan fingerprint density at radius 3 is 2.25 bits per heavy atom. The van der Waals surface area contributed by atoms with Crippen LogP contribution in [-0.4, -0.2) is 61.6 Å². The van der Waals surface area contributed by atoms with Crippen molar-refractivity contribution in [3.8, 4) is 11.1 Å². The molecule has 0 radical (unpaired) electrons. The van der Waals surface area contributed by atoms with E-state index in [1.165, 1.54) is 27.3 Å². The number of rotatable bonds is 3. The van der Waals surface area contributed by atoms with Gasteiger partial charge in [0.25, 0.3) is 5.56 Å². The van der Waals surface area contributed by atoms with Crippen LogP contribution in [0.5, 0.6) is 0 Å². The fraction of sp³-hybridized carbons (Fsp3) is 0.412. The van der Waals surface area contributed by atoms with Crippen molar-refractivity contribution in [1.29, 1.82) is 0 Å². The number of pyridine rings is 1. The number of thioether (sulfide) groups is 1. The van der Waals surface area contributed by atoms with E-state index in [0.29, 0.717) is 0 Å². The van der Waals surface area contributed by atoms with E-state index < -0.39 is 53.1 Å². The Hall–Kier alpha value is -4.33. The third-order valence-corrected chi connectivity index (χ3v) is 9.76. The van der Waals surface area contributed by atoms with Gasteiger partial charge in [0, 0.05) is 53.5 Å². The second-order valence-electron chi connectivity index (χ2n) is 13.3. The SMILES string of the molecule is C[C@@H]1CN(c2nc(=O)n3c4c(c(-c5ccc(F)cc5)c(C(F)(F)F)cc24)SC[C@@H](n2ccccc2=O)C3)C[C@H](C)N1C(=O)OC(C)(C)C. The van der Waals surface area contributed by atoms with E-state index in [0.717, 1.165) is 30.0 Å². The summed E-state index contributed by atoms with van der Waals surface area (Å²) in [4.78, 5) is 47.8. The van der Waals surface area contributed by atoms with Crippen LogP contribution in [0.4, 0.5) is 28.2 Å². The van der Waals surface area contributed by atoms with Gasteiger partial charge in [0.1, 0.15) is 17.2 Å². The fourth-order valence-electron chi connectivity index (χ4n) is 6.59. The molecule has 2 aliphatic heterocycles. The van der Waals surface area contributed by atoms with Crippen LogP contribution in [0.3, 0.4) is 0 Å². The molecule has 4 aromatic rings. The number of hydrogen-bond donors (Lipinski definition) is 0. The van der Waals surface area contributed by atoms with E-state index in [4.69, 9.17) is 4.74 Å². The highest BCUT2D eigenvalue weighted by atomic mass is 32.2. The predicted octanol–water partition coefficient (Wildman–Crippen LogP) is 6.56. The Balaban J connectivity index is 1.57. The third-order valence-electron chi connectivity index (χ3n) is 8.52. The van der Waals surface area contributed by atoms with Crippen molar-refractivity contribution in [3.63, 3.8) is 0 Å². The molecule has 1 fully saturated rings. The number of alkyl halides is 3. The molecule has 1 amide bonds. The lowest BCUT2D eigenvalue weighted by molar-refractivity contribution is -0.137. The molecule has 4 heterocycles. The summed E-state index contributed by atoms with van der Waals surface area (Å²) in [6.07, 6.45) is -3.75. The first kappa shape index (κ1) is 33.6. The average Bonchev–Trinajstić information content (AvgIpc) is 3.19. The lowest BCUT2D eigenvalue weighted by Crippen LogP contribution is -2.59. The maximum atomic E-state index is 15.0.